The molecule has 0 amide bonds. The summed E-state index contributed by atoms with van der Waals surface area (Å²) in [5, 5.41) is 44.5. The van der Waals surface area contributed by atoms with Gasteiger partial charge in [0, 0.05) is 41.5 Å². The first kappa shape index (κ1) is 70.0. The molecule has 0 aromatic carbocycles. The fourth-order valence-corrected chi connectivity index (χ4v) is 0. The molecule has 17 heteroatoms. The van der Waals surface area contributed by atoms with Crippen LogP contribution < -0.4 is 0 Å². The van der Waals surface area contributed by atoms with Crippen LogP contribution in [0.1, 0.15) is 55.8 Å². The number of rotatable bonds is 0. The van der Waals surface area contributed by atoms with Gasteiger partial charge in [0.2, 0.25) is 0 Å². The maximum absolute atomic E-state index is 9.00. The van der Waals surface area contributed by atoms with E-state index in [1.165, 1.54) is 0 Å². The first-order valence-corrected chi connectivity index (χ1v) is 5.57. The Balaban J connectivity index is -0.00000000487. The zero-order valence-electron chi connectivity index (χ0n) is 27.7. The van der Waals surface area contributed by atoms with Crippen molar-refractivity contribution in [3.63, 3.8) is 0 Å². The summed E-state index contributed by atoms with van der Waals surface area (Å²) >= 11 is 0. The summed E-state index contributed by atoms with van der Waals surface area (Å²) in [6.07, 6.45) is 0. The van der Waals surface area contributed by atoms with Crippen molar-refractivity contribution in [2.45, 2.75) is 41.5 Å². The van der Waals surface area contributed by atoms with Gasteiger partial charge in [-0.3, -0.25) is 28.8 Å². The van der Waals surface area contributed by atoms with Crippen LogP contribution in [0.25, 0.3) is 0 Å². The second-order valence-corrected chi connectivity index (χ2v) is 3.11. The molecule has 29 heavy (non-hydrogen) atoms. The summed E-state index contributed by atoms with van der Waals surface area (Å²) < 4.78 is 0. The van der Waals surface area contributed by atoms with E-state index in [0.717, 1.165) is 41.5 Å². The third kappa shape index (κ3) is 48000. The average Bonchev–Trinajstić information content (AvgIpc) is 2.08. The van der Waals surface area contributed by atoms with Gasteiger partial charge in [0.15, 0.2) is 0 Å². The molecule has 0 atom stereocenters. The van der Waals surface area contributed by atoms with Crippen LogP contribution in [0.15, 0.2) is 0 Å². The van der Waals surface area contributed by atoms with Crippen molar-refractivity contribution < 1.29 is 73.7 Å². The van der Waals surface area contributed by atoms with E-state index in [-0.39, 0.29) is 130 Å². The van der Waals surface area contributed by atoms with E-state index < -0.39 is 35.8 Å². The van der Waals surface area contributed by atoms with Crippen molar-refractivity contribution in [2.75, 3.05) is 0 Å². The maximum Gasteiger partial charge on any atom is 2.00 e. The van der Waals surface area contributed by atoms with Gasteiger partial charge in [0.1, 0.15) is 0 Å². The smallest absolute Gasteiger partial charge is 1.00 e. The Kier molecular flexibility index (Phi) is 152. The topological polar surface area (TPSA) is 224 Å². The quantitative estimate of drug-likeness (QED) is 0.241. The van der Waals surface area contributed by atoms with Crippen LogP contribution in [0.3, 0.4) is 0 Å². The minimum atomic E-state index is -0.833. The molecule has 0 aliphatic rings. The Labute approximate surface area is 264 Å². The van der Waals surface area contributed by atoms with E-state index in [0.29, 0.717) is 0 Å². The Morgan fingerprint density at radius 1 is 0.345 bits per heavy atom. The molecule has 6 N–H and O–H groups in total. The molecule has 0 aliphatic heterocycles. The summed E-state index contributed by atoms with van der Waals surface area (Å²) in [4.78, 5) is 54.0. The van der Waals surface area contributed by atoms with Gasteiger partial charge in [-0.05, 0) is 0 Å². The fraction of sp³-hybridized carbons (Fsp3) is 0.500. The summed E-state index contributed by atoms with van der Waals surface area (Å²) in [6, 6.07) is 0. The summed E-state index contributed by atoms with van der Waals surface area (Å²) in [7, 11) is 0. The second kappa shape index (κ2) is 63.0. The summed E-state index contributed by atoms with van der Waals surface area (Å²) in [5.41, 5.74) is 0. The molecule has 0 bridgehead atoms. The number of carboxylic acid groups (broad SMARTS) is 6. The van der Waals surface area contributed by atoms with Crippen LogP contribution in [0.4, 0.5) is 0 Å². The van der Waals surface area contributed by atoms with E-state index in [1.54, 1.807) is 0 Å². The van der Waals surface area contributed by atoms with Crippen LogP contribution in [0, 0.1) is 0 Å². The van der Waals surface area contributed by atoms with Gasteiger partial charge in [-0.15, -0.1) is 0 Å². The van der Waals surface area contributed by atoms with E-state index in [1.807, 2.05) is 0 Å². The van der Waals surface area contributed by atoms with Crippen molar-refractivity contribution >= 4 is 151 Å². The molecule has 164 valence electrons. The van der Waals surface area contributed by atoms with E-state index in [2.05, 4.69) is 0 Å². The monoisotopic (exact) mass is 490 g/mol. The van der Waals surface area contributed by atoms with Crippen molar-refractivity contribution in [1.29, 1.82) is 0 Å². The molecule has 0 fully saturated rings. The number of carboxylic acids is 6. The Hall–Kier alpha value is 0.651. The maximum atomic E-state index is 9.00. The zero-order chi connectivity index (χ0) is 21.5. The van der Waals surface area contributed by atoms with E-state index in [9.17, 15) is 0 Å². The minimum Gasteiger partial charge on any atom is -1.00 e. The van der Waals surface area contributed by atoms with Crippen molar-refractivity contribution in [1.82, 2.24) is 0 Å². The molecule has 0 rings (SSSR count). The van der Waals surface area contributed by atoms with Gasteiger partial charge in [-0.2, -0.15) is 0 Å². The molecule has 0 unspecified atom stereocenters. The number of hydrogen-bond acceptors (Lipinski definition) is 6. The van der Waals surface area contributed by atoms with E-state index in [4.69, 9.17) is 59.4 Å². The SMILES string of the molecule is CC(=O)O.CC(=O)O.CC(=O)O.CC(=O)O.CC(=O)O.CC(=O)O.[H-].[H-].[H-].[H-].[H-].[H-].[H-].[H-].[H-].[H-].[Mg+2].[Mg+2].[Mg+2].[Mg+2].[Mg+2]. The number of aliphatic carboxylic acids is 6. The third-order valence-corrected chi connectivity index (χ3v) is 0. The normalized spacial score (nSPS) is 5.17. The minimum absolute atomic E-state index is 0. The van der Waals surface area contributed by atoms with Gasteiger partial charge >= 0.3 is 115 Å². The zero-order valence-corrected chi connectivity index (χ0v) is 24.7. The molecule has 0 aromatic rings. The molecule has 0 radical (unpaired) electrons. The van der Waals surface area contributed by atoms with Gasteiger partial charge < -0.3 is 44.9 Å². The molecule has 0 aromatic heterocycles. The summed E-state index contributed by atoms with van der Waals surface area (Å²) in [6.45, 7) is 6.50. The van der Waals surface area contributed by atoms with Crippen LogP contribution in [0.2, 0.25) is 0 Å². The molecule has 0 saturated heterocycles. The van der Waals surface area contributed by atoms with Crippen molar-refractivity contribution in [2.24, 2.45) is 0 Å². The Morgan fingerprint density at radius 3 is 0.345 bits per heavy atom. The first-order chi connectivity index (χ1) is 10.4. The van der Waals surface area contributed by atoms with Gasteiger partial charge in [0.05, 0.1) is 0 Å². The predicted octanol–water partition coefficient (Wildman–Crippen LogP) is -0.234. The second-order valence-electron chi connectivity index (χ2n) is 3.11. The van der Waals surface area contributed by atoms with Crippen LogP contribution in [0.5, 0.6) is 0 Å². The molecular formula is C12H34Mg5O12. The van der Waals surface area contributed by atoms with Crippen molar-refractivity contribution in [3.05, 3.63) is 0 Å². The number of carbonyl (C=O) groups is 6. The van der Waals surface area contributed by atoms with Crippen molar-refractivity contribution in [3.8, 4) is 0 Å². The van der Waals surface area contributed by atoms with Gasteiger partial charge in [-0.1, -0.05) is 0 Å². The number of hydrogen-bond donors (Lipinski definition) is 6. The molecular weight excluding hydrogens is 458 g/mol. The van der Waals surface area contributed by atoms with E-state index >= 15 is 0 Å². The van der Waals surface area contributed by atoms with Crippen LogP contribution in [-0.2, 0) is 28.8 Å². The predicted molar refractivity (Wildman–Crippen MR) is 120 cm³/mol. The van der Waals surface area contributed by atoms with Gasteiger partial charge in [-0.25, -0.2) is 0 Å². The first-order valence-electron chi connectivity index (χ1n) is 5.57. The molecule has 0 aliphatic carbocycles. The Bertz CT molecular complexity index is 306. The molecule has 0 spiro atoms. The largest absolute Gasteiger partial charge is 2.00 e. The molecule has 0 heterocycles. The third-order valence-electron chi connectivity index (χ3n) is 0. The molecule has 0 saturated carbocycles. The fourth-order valence-electron chi connectivity index (χ4n) is 0. The summed E-state index contributed by atoms with van der Waals surface area (Å²) in [5.74, 6) is -5.00. The molecule has 12 nitrogen and oxygen atoms in total. The van der Waals surface area contributed by atoms with Crippen LogP contribution >= 0.6 is 0 Å². The Morgan fingerprint density at radius 2 is 0.345 bits per heavy atom. The van der Waals surface area contributed by atoms with Crippen LogP contribution in [-0.4, -0.2) is 182 Å². The van der Waals surface area contributed by atoms with Gasteiger partial charge in [0.25, 0.3) is 35.8 Å². The average molecular weight is 492 g/mol. The standard InChI is InChI=1S/6C2H4O2.5Mg.10H/c6*1-2(3)4;;;;;;;;;;;;;;;/h6*1H3,(H,3,4);;;;;;;;;;;;;;;/q;;;;;;5*+2;10*-1.